The molecule has 1 aliphatic rings. The molecule has 25 heavy (non-hydrogen) atoms. The third-order valence-corrected chi connectivity index (χ3v) is 4.70. The quantitative estimate of drug-likeness (QED) is 0.867. The molecule has 2 heterocycles. The van der Waals surface area contributed by atoms with E-state index >= 15 is 0 Å². The van der Waals surface area contributed by atoms with Crippen molar-refractivity contribution in [2.75, 3.05) is 6.54 Å². The first kappa shape index (κ1) is 17.7. The molecule has 1 aromatic heterocycles. The van der Waals surface area contributed by atoms with Crippen LogP contribution in [0.4, 0.5) is 4.39 Å². The number of amides is 1. The summed E-state index contributed by atoms with van der Waals surface area (Å²) in [7, 11) is 0. The van der Waals surface area contributed by atoms with Gasteiger partial charge in [-0.25, -0.2) is 4.39 Å². The molecule has 0 saturated carbocycles. The standard InChI is InChI=1S/C20H24FNO3/c1-14(23)13-15-5-4-12-22(15)20(24)11-9-16-8-10-19(25-16)17-6-2-3-7-18(17)21/h2-3,6-8,10,14-15,23H,4-5,9,11-13H2,1H3. The van der Waals surface area contributed by atoms with Crippen molar-refractivity contribution < 1.29 is 18.7 Å². The largest absolute Gasteiger partial charge is 0.461 e. The van der Waals surface area contributed by atoms with Gasteiger partial charge in [-0.15, -0.1) is 0 Å². The molecule has 3 rings (SSSR count). The minimum atomic E-state index is -0.396. The van der Waals surface area contributed by atoms with Crippen molar-refractivity contribution in [3.63, 3.8) is 0 Å². The fraction of sp³-hybridized carbons (Fsp3) is 0.450. The van der Waals surface area contributed by atoms with E-state index in [0.717, 1.165) is 19.4 Å². The third kappa shape index (κ3) is 4.28. The Morgan fingerprint density at radius 3 is 2.92 bits per heavy atom. The molecule has 0 bridgehead atoms. The molecule has 2 atom stereocenters. The third-order valence-electron chi connectivity index (χ3n) is 4.70. The highest BCUT2D eigenvalue weighted by Gasteiger charge is 2.29. The van der Waals surface area contributed by atoms with Gasteiger partial charge < -0.3 is 14.4 Å². The van der Waals surface area contributed by atoms with Crippen molar-refractivity contribution in [2.24, 2.45) is 0 Å². The summed E-state index contributed by atoms with van der Waals surface area (Å²) in [5, 5.41) is 9.57. The fourth-order valence-electron chi connectivity index (χ4n) is 3.49. The molecule has 0 radical (unpaired) electrons. The lowest BCUT2D eigenvalue weighted by Crippen LogP contribution is -2.37. The summed E-state index contributed by atoms with van der Waals surface area (Å²) < 4.78 is 19.5. The first-order chi connectivity index (χ1) is 12.0. The fourth-order valence-corrected chi connectivity index (χ4v) is 3.49. The highest BCUT2D eigenvalue weighted by molar-refractivity contribution is 5.77. The molecular formula is C20H24FNO3. The first-order valence-electron chi connectivity index (χ1n) is 8.85. The molecule has 2 unspecified atom stereocenters. The van der Waals surface area contributed by atoms with Crippen molar-refractivity contribution in [3.05, 3.63) is 48.0 Å². The summed E-state index contributed by atoms with van der Waals surface area (Å²) in [5.74, 6) is 0.927. The van der Waals surface area contributed by atoms with E-state index in [1.807, 2.05) is 4.90 Å². The van der Waals surface area contributed by atoms with Gasteiger partial charge in [0.05, 0.1) is 11.7 Å². The van der Waals surface area contributed by atoms with Gasteiger partial charge in [0.25, 0.3) is 0 Å². The Hall–Kier alpha value is -2.14. The molecule has 134 valence electrons. The van der Waals surface area contributed by atoms with Gasteiger partial charge in [0, 0.05) is 25.4 Å². The predicted octanol–water partition coefficient (Wildman–Crippen LogP) is 3.78. The summed E-state index contributed by atoms with van der Waals surface area (Å²) in [5.41, 5.74) is 0.427. The first-order valence-corrected chi connectivity index (χ1v) is 8.85. The molecular weight excluding hydrogens is 321 g/mol. The Balaban J connectivity index is 1.59. The molecule has 1 N–H and O–H groups in total. The maximum absolute atomic E-state index is 13.8. The summed E-state index contributed by atoms with van der Waals surface area (Å²) in [6, 6.07) is 10.2. The smallest absolute Gasteiger partial charge is 0.223 e. The summed E-state index contributed by atoms with van der Waals surface area (Å²) in [6.07, 6.45) is 3.03. The van der Waals surface area contributed by atoms with E-state index in [1.165, 1.54) is 6.07 Å². The molecule has 5 heteroatoms. The molecule has 1 fully saturated rings. The van der Waals surface area contributed by atoms with Gasteiger partial charge in [0.2, 0.25) is 5.91 Å². The Kier molecular flexibility index (Phi) is 5.53. The van der Waals surface area contributed by atoms with Gasteiger partial charge in [-0.05, 0) is 50.5 Å². The number of nitrogens with zero attached hydrogens (tertiary/aromatic N) is 1. The van der Waals surface area contributed by atoms with Crippen LogP contribution < -0.4 is 0 Å². The van der Waals surface area contributed by atoms with Gasteiger partial charge in [0.15, 0.2) is 0 Å². The zero-order valence-electron chi connectivity index (χ0n) is 14.5. The van der Waals surface area contributed by atoms with E-state index in [9.17, 15) is 14.3 Å². The number of hydrogen-bond acceptors (Lipinski definition) is 3. The molecule has 2 aromatic rings. The number of aliphatic hydroxyl groups excluding tert-OH is 1. The maximum Gasteiger partial charge on any atom is 0.223 e. The van der Waals surface area contributed by atoms with Crippen LogP contribution in [-0.4, -0.2) is 34.6 Å². The second-order valence-corrected chi connectivity index (χ2v) is 6.71. The summed E-state index contributed by atoms with van der Waals surface area (Å²) in [6.45, 7) is 2.52. The van der Waals surface area contributed by atoms with Crippen molar-refractivity contribution in [1.82, 2.24) is 4.90 Å². The van der Waals surface area contributed by atoms with Crippen LogP contribution >= 0.6 is 0 Å². The van der Waals surface area contributed by atoms with Crippen LogP contribution in [0.2, 0.25) is 0 Å². The number of benzene rings is 1. The summed E-state index contributed by atoms with van der Waals surface area (Å²) in [4.78, 5) is 14.4. The Morgan fingerprint density at radius 1 is 1.36 bits per heavy atom. The number of furan rings is 1. The zero-order chi connectivity index (χ0) is 17.8. The average molecular weight is 345 g/mol. The van der Waals surface area contributed by atoms with E-state index in [0.29, 0.717) is 36.3 Å². The van der Waals surface area contributed by atoms with Gasteiger partial charge in [-0.3, -0.25) is 4.79 Å². The SMILES string of the molecule is CC(O)CC1CCCN1C(=O)CCc1ccc(-c2ccccc2F)o1. The average Bonchev–Trinajstić information content (AvgIpc) is 3.22. The second kappa shape index (κ2) is 7.83. The molecule has 0 spiro atoms. The lowest BCUT2D eigenvalue weighted by Gasteiger charge is -2.25. The predicted molar refractivity (Wildman–Crippen MR) is 93.5 cm³/mol. The van der Waals surface area contributed by atoms with Crippen molar-refractivity contribution in [3.8, 4) is 11.3 Å². The number of carbonyl (C=O) groups is 1. The van der Waals surface area contributed by atoms with Gasteiger partial charge in [0.1, 0.15) is 17.3 Å². The van der Waals surface area contributed by atoms with E-state index in [4.69, 9.17) is 4.42 Å². The van der Waals surface area contributed by atoms with Crippen LogP contribution in [0.1, 0.15) is 38.4 Å². The van der Waals surface area contributed by atoms with Gasteiger partial charge in [-0.2, -0.15) is 0 Å². The topological polar surface area (TPSA) is 53.7 Å². The minimum absolute atomic E-state index is 0.0898. The highest BCUT2D eigenvalue weighted by Crippen LogP contribution is 2.26. The van der Waals surface area contributed by atoms with Crippen LogP contribution in [0.3, 0.4) is 0 Å². The number of hydrogen-bond donors (Lipinski definition) is 1. The normalized spacial score (nSPS) is 18.5. The van der Waals surface area contributed by atoms with Crippen LogP contribution in [0.15, 0.2) is 40.8 Å². The van der Waals surface area contributed by atoms with Crippen LogP contribution in [0.5, 0.6) is 0 Å². The van der Waals surface area contributed by atoms with Crippen molar-refractivity contribution in [2.45, 2.75) is 51.2 Å². The van der Waals surface area contributed by atoms with Gasteiger partial charge >= 0.3 is 0 Å². The molecule has 0 aliphatic carbocycles. The molecule has 4 nitrogen and oxygen atoms in total. The Labute approximate surface area is 147 Å². The number of halogens is 1. The molecule has 1 aromatic carbocycles. The monoisotopic (exact) mass is 345 g/mol. The lowest BCUT2D eigenvalue weighted by atomic mass is 10.1. The molecule has 1 amide bonds. The van der Waals surface area contributed by atoms with Crippen LogP contribution in [-0.2, 0) is 11.2 Å². The van der Waals surface area contributed by atoms with E-state index in [-0.39, 0.29) is 17.8 Å². The second-order valence-electron chi connectivity index (χ2n) is 6.71. The van der Waals surface area contributed by atoms with Gasteiger partial charge in [-0.1, -0.05) is 12.1 Å². The van der Waals surface area contributed by atoms with E-state index in [2.05, 4.69) is 0 Å². The molecule has 1 saturated heterocycles. The summed E-state index contributed by atoms with van der Waals surface area (Å²) >= 11 is 0. The number of likely N-dealkylation sites (tertiary alicyclic amines) is 1. The maximum atomic E-state index is 13.8. The number of aliphatic hydroxyl groups is 1. The lowest BCUT2D eigenvalue weighted by molar-refractivity contribution is -0.132. The van der Waals surface area contributed by atoms with Crippen LogP contribution in [0.25, 0.3) is 11.3 Å². The van der Waals surface area contributed by atoms with Crippen molar-refractivity contribution >= 4 is 5.91 Å². The zero-order valence-corrected chi connectivity index (χ0v) is 14.5. The Bertz CT molecular complexity index is 725. The van der Waals surface area contributed by atoms with E-state index in [1.54, 1.807) is 37.3 Å². The highest BCUT2D eigenvalue weighted by atomic mass is 19.1. The van der Waals surface area contributed by atoms with E-state index < -0.39 is 6.10 Å². The Morgan fingerprint density at radius 2 is 2.16 bits per heavy atom. The van der Waals surface area contributed by atoms with Crippen molar-refractivity contribution in [1.29, 1.82) is 0 Å². The number of aryl methyl sites for hydroxylation is 1. The number of rotatable bonds is 6. The van der Waals surface area contributed by atoms with Crippen LogP contribution in [0, 0.1) is 5.82 Å². The number of carbonyl (C=O) groups excluding carboxylic acids is 1. The minimum Gasteiger partial charge on any atom is -0.461 e. The molecule has 1 aliphatic heterocycles.